The monoisotopic (exact) mass is 166 g/mol. The molecule has 0 aromatic rings. The average molecular weight is 166 g/mol. The summed E-state index contributed by atoms with van der Waals surface area (Å²) < 4.78 is 0. The molecule has 68 valence electrons. The van der Waals surface area contributed by atoms with Gasteiger partial charge in [0.2, 0.25) is 0 Å². The summed E-state index contributed by atoms with van der Waals surface area (Å²) in [5.41, 5.74) is -0.219. The van der Waals surface area contributed by atoms with Crippen LogP contribution in [0.15, 0.2) is 0 Å². The Bertz CT molecular complexity index is 156. The van der Waals surface area contributed by atoms with E-state index in [1.807, 2.05) is 34.6 Å². The molecule has 0 spiro atoms. The van der Waals surface area contributed by atoms with Gasteiger partial charge in [0.15, 0.2) is 0 Å². The molecule has 2 radical (unpaired) electrons. The molecule has 0 aromatic heterocycles. The molecule has 0 saturated carbocycles. The minimum Gasteiger partial charge on any atom is -0.299 e. The lowest BCUT2D eigenvalue weighted by Crippen LogP contribution is -2.23. The molecule has 2 unspecified atom stereocenters. The Morgan fingerprint density at radius 2 is 1.75 bits per heavy atom. The molecular formula is C10H19BO. The molecule has 0 fully saturated rings. The Morgan fingerprint density at radius 3 is 2.00 bits per heavy atom. The molecule has 0 rings (SSSR count). The number of rotatable bonds is 3. The molecule has 0 aromatic carbocycles. The van der Waals surface area contributed by atoms with Crippen LogP contribution in [0.3, 0.4) is 0 Å². The van der Waals surface area contributed by atoms with Crippen LogP contribution in [0.5, 0.6) is 0 Å². The summed E-state index contributed by atoms with van der Waals surface area (Å²) in [4.78, 5) is 11.5. The Labute approximate surface area is 77.3 Å². The van der Waals surface area contributed by atoms with Gasteiger partial charge in [-0.15, -0.1) is 0 Å². The van der Waals surface area contributed by atoms with Crippen LogP contribution in [0, 0.1) is 11.3 Å². The Balaban J connectivity index is 4.02. The van der Waals surface area contributed by atoms with Crippen molar-refractivity contribution < 1.29 is 4.79 Å². The van der Waals surface area contributed by atoms with Gasteiger partial charge in [0.05, 0.1) is 7.85 Å². The summed E-state index contributed by atoms with van der Waals surface area (Å²) in [5, 5.41) is 0. The van der Waals surface area contributed by atoms with Crippen molar-refractivity contribution in [1.82, 2.24) is 0 Å². The Hall–Kier alpha value is -0.265. The molecule has 2 atom stereocenters. The topological polar surface area (TPSA) is 17.1 Å². The van der Waals surface area contributed by atoms with Gasteiger partial charge in [-0.25, -0.2) is 0 Å². The Kier molecular flexibility index (Phi) is 4.02. The van der Waals surface area contributed by atoms with E-state index in [2.05, 4.69) is 0 Å². The van der Waals surface area contributed by atoms with E-state index in [1.54, 1.807) is 0 Å². The normalized spacial score (nSPS) is 17.1. The highest BCUT2D eigenvalue weighted by Gasteiger charge is 2.23. The van der Waals surface area contributed by atoms with Crippen LogP contribution >= 0.6 is 0 Å². The van der Waals surface area contributed by atoms with E-state index in [1.165, 1.54) is 0 Å². The number of ketones is 1. The molecule has 0 aliphatic carbocycles. The average Bonchev–Trinajstić information content (AvgIpc) is 1.85. The van der Waals surface area contributed by atoms with Crippen LogP contribution in [0.2, 0.25) is 5.82 Å². The number of hydrogen-bond acceptors (Lipinski definition) is 1. The van der Waals surface area contributed by atoms with Crippen molar-refractivity contribution in [2.75, 3.05) is 0 Å². The highest BCUT2D eigenvalue weighted by molar-refractivity contribution is 6.11. The van der Waals surface area contributed by atoms with Crippen molar-refractivity contribution in [3.63, 3.8) is 0 Å². The smallest absolute Gasteiger partial charge is 0.138 e. The lowest BCUT2D eigenvalue weighted by atomic mass is 9.74. The maximum absolute atomic E-state index is 11.5. The highest BCUT2D eigenvalue weighted by Crippen LogP contribution is 2.24. The molecule has 0 amide bonds. The summed E-state index contributed by atoms with van der Waals surface area (Å²) in [6, 6.07) is 0. The molecule has 0 saturated heterocycles. The maximum atomic E-state index is 11.5. The van der Waals surface area contributed by atoms with Crippen LogP contribution in [-0.4, -0.2) is 13.6 Å². The predicted molar refractivity (Wildman–Crippen MR) is 53.4 cm³/mol. The van der Waals surface area contributed by atoms with Gasteiger partial charge in [0.1, 0.15) is 5.78 Å². The molecule has 1 nitrogen and oxygen atoms in total. The molecule has 0 aliphatic heterocycles. The van der Waals surface area contributed by atoms with Crippen molar-refractivity contribution in [2.24, 2.45) is 11.3 Å². The van der Waals surface area contributed by atoms with Crippen LogP contribution in [0.1, 0.15) is 41.0 Å². The minimum absolute atomic E-state index is 0.108. The van der Waals surface area contributed by atoms with Crippen LogP contribution in [-0.2, 0) is 4.79 Å². The van der Waals surface area contributed by atoms with E-state index in [0.717, 1.165) is 0 Å². The van der Waals surface area contributed by atoms with Gasteiger partial charge in [-0.1, -0.05) is 40.4 Å². The van der Waals surface area contributed by atoms with E-state index in [9.17, 15) is 4.79 Å². The third kappa shape index (κ3) is 3.94. The minimum atomic E-state index is -0.219. The molecular weight excluding hydrogens is 147 g/mol. The summed E-state index contributed by atoms with van der Waals surface area (Å²) in [7, 11) is 5.68. The summed E-state index contributed by atoms with van der Waals surface area (Å²) >= 11 is 0. The van der Waals surface area contributed by atoms with Crippen LogP contribution in [0.25, 0.3) is 0 Å². The first-order valence-corrected chi connectivity index (χ1v) is 4.54. The fourth-order valence-corrected chi connectivity index (χ4v) is 0.785. The quantitative estimate of drug-likeness (QED) is 0.589. The maximum Gasteiger partial charge on any atom is 0.138 e. The summed E-state index contributed by atoms with van der Waals surface area (Å²) in [6.07, 6.45) is 0.598. The van der Waals surface area contributed by atoms with Gasteiger partial charge in [-0.3, -0.25) is 4.79 Å². The fraction of sp³-hybridized carbons (Fsp3) is 0.900. The third-order valence-electron chi connectivity index (χ3n) is 2.24. The van der Waals surface area contributed by atoms with Gasteiger partial charge >= 0.3 is 0 Å². The van der Waals surface area contributed by atoms with Crippen molar-refractivity contribution in [3.8, 4) is 0 Å². The highest BCUT2D eigenvalue weighted by atomic mass is 16.1. The summed E-state index contributed by atoms with van der Waals surface area (Å²) in [6.45, 7) is 9.81. The fourth-order valence-electron chi connectivity index (χ4n) is 0.785. The van der Waals surface area contributed by atoms with Gasteiger partial charge in [0, 0.05) is 11.8 Å². The second-order valence-corrected chi connectivity index (χ2v) is 4.71. The number of Topliss-reactive ketones (excluding diaryl/α,β-unsaturated/α-hetero) is 1. The van der Waals surface area contributed by atoms with Gasteiger partial charge in [0.25, 0.3) is 0 Å². The SMILES string of the molecule is [B]C(C)C(C)CC(=O)C(C)(C)C. The number of hydrogen-bond donors (Lipinski definition) is 0. The van der Waals surface area contributed by atoms with Gasteiger partial charge < -0.3 is 0 Å². The van der Waals surface area contributed by atoms with E-state index >= 15 is 0 Å². The van der Waals surface area contributed by atoms with E-state index in [0.29, 0.717) is 12.2 Å². The molecule has 0 N–H and O–H groups in total. The molecule has 0 aliphatic rings. The first-order chi connectivity index (χ1) is 5.25. The molecule has 0 bridgehead atoms. The largest absolute Gasteiger partial charge is 0.299 e. The zero-order valence-corrected chi connectivity index (χ0v) is 8.85. The predicted octanol–water partition coefficient (Wildman–Crippen LogP) is 2.60. The van der Waals surface area contributed by atoms with Crippen LogP contribution < -0.4 is 0 Å². The van der Waals surface area contributed by atoms with Crippen molar-refractivity contribution in [3.05, 3.63) is 0 Å². The standard InChI is InChI=1S/C10H19BO/c1-7(8(2)11)6-9(12)10(3,4)5/h7-8H,6H2,1-5H3. The number of carbonyl (C=O) groups is 1. The van der Waals surface area contributed by atoms with Crippen molar-refractivity contribution >= 4 is 13.6 Å². The third-order valence-corrected chi connectivity index (χ3v) is 2.24. The first-order valence-electron chi connectivity index (χ1n) is 4.54. The van der Waals surface area contributed by atoms with E-state index < -0.39 is 0 Å². The van der Waals surface area contributed by atoms with E-state index in [-0.39, 0.29) is 17.2 Å². The van der Waals surface area contributed by atoms with E-state index in [4.69, 9.17) is 7.85 Å². The Morgan fingerprint density at radius 1 is 1.33 bits per heavy atom. The molecule has 0 heterocycles. The van der Waals surface area contributed by atoms with Crippen LogP contribution in [0.4, 0.5) is 0 Å². The van der Waals surface area contributed by atoms with Crippen molar-refractivity contribution in [1.29, 1.82) is 0 Å². The van der Waals surface area contributed by atoms with Gasteiger partial charge in [-0.2, -0.15) is 0 Å². The van der Waals surface area contributed by atoms with Crippen molar-refractivity contribution in [2.45, 2.75) is 46.9 Å². The zero-order chi connectivity index (χ0) is 9.94. The number of carbonyl (C=O) groups excluding carboxylic acids is 1. The molecule has 12 heavy (non-hydrogen) atoms. The lowest BCUT2D eigenvalue weighted by molar-refractivity contribution is -0.127. The zero-order valence-electron chi connectivity index (χ0n) is 8.85. The molecule has 2 heteroatoms. The second-order valence-electron chi connectivity index (χ2n) is 4.71. The van der Waals surface area contributed by atoms with Gasteiger partial charge in [-0.05, 0) is 5.92 Å². The second kappa shape index (κ2) is 4.11. The summed E-state index contributed by atoms with van der Waals surface area (Å²) in [5.74, 6) is 0.695. The lowest BCUT2D eigenvalue weighted by Gasteiger charge is -2.21. The first kappa shape index (κ1) is 11.7.